The van der Waals surface area contributed by atoms with Gasteiger partial charge in [0.15, 0.2) is 5.65 Å². The number of aromatic amines is 1. The van der Waals surface area contributed by atoms with Gasteiger partial charge < -0.3 is 9.72 Å². The summed E-state index contributed by atoms with van der Waals surface area (Å²) in [6.07, 6.45) is 9.56. The number of nitrogens with zero attached hydrogens (tertiary/aromatic N) is 4. The predicted molar refractivity (Wildman–Crippen MR) is 109 cm³/mol. The van der Waals surface area contributed by atoms with E-state index in [1.807, 2.05) is 24.6 Å². The largest absolute Gasteiger partial charge is 0.488 e. The topological polar surface area (TPSA) is 85.7 Å². The Bertz CT molecular complexity index is 1030. The summed E-state index contributed by atoms with van der Waals surface area (Å²) in [4.78, 5) is 24.9. The molecule has 1 aliphatic carbocycles. The monoisotopic (exact) mass is 381 g/mol. The van der Waals surface area contributed by atoms with Crippen molar-refractivity contribution in [1.82, 2.24) is 24.7 Å². The van der Waals surface area contributed by atoms with E-state index in [1.165, 1.54) is 12.8 Å². The second-order valence-corrected chi connectivity index (χ2v) is 7.50. The van der Waals surface area contributed by atoms with Crippen LogP contribution < -0.4 is 10.3 Å². The zero-order valence-electron chi connectivity index (χ0n) is 16.7. The molecule has 7 heteroatoms. The van der Waals surface area contributed by atoms with Crippen molar-refractivity contribution in [1.29, 1.82) is 0 Å². The van der Waals surface area contributed by atoms with Crippen LogP contribution in [0.25, 0.3) is 22.4 Å². The number of ether oxygens (including phenoxy) is 1. The fraction of sp³-hybridized carbons (Fsp3) is 0.524. The summed E-state index contributed by atoms with van der Waals surface area (Å²) in [5.41, 5.74) is 2.08. The molecule has 28 heavy (non-hydrogen) atoms. The molecule has 1 unspecified atom stereocenters. The lowest BCUT2D eigenvalue weighted by molar-refractivity contribution is 0.217. The molecule has 148 valence electrons. The van der Waals surface area contributed by atoms with E-state index in [1.54, 1.807) is 12.4 Å². The Morgan fingerprint density at radius 2 is 2.11 bits per heavy atom. The first kappa shape index (κ1) is 18.7. The van der Waals surface area contributed by atoms with Crippen LogP contribution in [0.3, 0.4) is 0 Å². The molecule has 3 heterocycles. The summed E-state index contributed by atoms with van der Waals surface area (Å²) in [5, 5.41) is 5.37. The lowest BCUT2D eigenvalue weighted by Crippen LogP contribution is -2.14. The number of hydrogen-bond donors (Lipinski definition) is 1. The Labute approximate surface area is 164 Å². The summed E-state index contributed by atoms with van der Waals surface area (Å²) in [7, 11) is 0. The number of pyridine rings is 1. The third kappa shape index (κ3) is 3.30. The predicted octanol–water partition coefficient (Wildman–Crippen LogP) is 4.04. The molecule has 7 nitrogen and oxygen atoms in total. The molecule has 1 saturated carbocycles. The van der Waals surface area contributed by atoms with Gasteiger partial charge in [0.1, 0.15) is 17.0 Å². The van der Waals surface area contributed by atoms with Gasteiger partial charge in [-0.2, -0.15) is 5.10 Å². The molecule has 4 rings (SSSR count). The van der Waals surface area contributed by atoms with E-state index in [0.717, 1.165) is 30.5 Å². The van der Waals surface area contributed by atoms with Crippen LogP contribution in [0.1, 0.15) is 64.6 Å². The fourth-order valence-electron chi connectivity index (χ4n) is 3.86. The molecule has 0 aliphatic heterocycles. The lowest BCUT2D eigenvalue weighted by atomic mass is 10.2. The smallest absolute Gasteiger partial charge is 0.262 e. The SMILES string of the molecule is CCc1nn(C2CCCC2)c2nc(-c3ccncc3OC(C)CC)[nH]c(=O)c12. The van der Waals surface area contributed by atoms with E-state index < -0.39 is 0 Å². The van der Waals surface area contributed by atoms with Crippen molar-refractivity contribution in [3.63, 3.8) is 0 Å². The molecule has 1 atom stereocenters. The first-order valence-electron chi connectivity index (χ1n) is 10.2. The first-order valence-corrected chi connectivity index (χ1v) is 10.2. The number of nitrogens with one attached hydrogen (secondary N) is 1. The van der Waals surface area contributed by atoms with E-state index in [-0.39, 0.29) is 11.7 Å². The molecule has 0 bridgehead atoms. The maximum absolute atomic E-state index is 13.0. The number of hydrogen-bond acceptors (Lipinski definition) is 5. The van der Waals surface area contributed by atoms with Gasteiger partial charge in [-0.05, 0) is 38.7 Å². The summed E-state index contributed by atoms with van der Waals surface area (Å²) >= 11 is 0. The Balaban J connectivity index is 1.88. The van der Waals surface area contributed by atoms with Crippen molar-refractivity contribution in [2.24, 2.45) is 0 Å². The highest BCUT2D eigenvalue weighted by molar-refractivity contribution is 5.80. The van der Waals surface area contributed by atoms with E-state index in [9.17, 15) is 4.79 Å². The molecule has 0 aromatic carbocycles. The number of fused-ring (bicyclic) bond motifs is 1. The quantitative estimate of drug-likeness (QED) is 0.696. The van der Waals surface area contributed by atoms with Crippen molar-refractivity contribution >= 4 is 11.0 Å². The molecular formula is C21H27N5O2. The third-order valence-corrected chi connectivity index (χ3v) is 5.58. The van der Waals surface area contributed by atoms with Crippen LogP contribution in [0.5, 0.6) is 5.75 Å². The minimum absolute atomic E-state index is 0.0501. The minimum Gasteiger partial charge on any atom is -0.488 e. The normalized spacial score (nSPS) is 16.0. The zero-order chi connectivity index (χ0) is 19.7. The highest BCUT2D eigenvalue weighted by Gasteiger charge is 2.24. The van der Waals surface area contributed by atoms with Gasteiger partial charge in [0.25, 0.3) is 5.56 Å². The molecule has 3 aromatic heterocycles. The van der Waals surface area contributed by atoms with Gasteiger partial charge in [-0.15, -0.1) is 0 Å². The summed E-state index contributed by atoms with van der Waals surface area (Å²) in [5.74, 6) is 1.13. The highest BCUT2D eigenvalue weighted by Crippen LogP contribution is 2.33. The fourth-order valence-corrected chi connectivity index (χ4v) is 3.86. The zero-order valence-corrected chi connectivity index (χ0v) is 16.7. The highest BCUT2D eigenvalue weighted by atomic mass is 16.5. The summed E-state index contributed by atoms with van der Waals surface area (Å²) < 4.78 is 7.99. The second-order valence-electron chi connectivity index (χ2n) is 7.50. The Kier molecular flexibility index (Phi) is 5.15. The third-order valence-electron chi connectivity index (χ3n) is 5.58. The molecule has 3 aromatic rings. The van der Waals surface area contributed by atoms with Crippen LogP contribution >= 0.6 is 0 Å². The van der Waals surface area contributed by atoms with Gasteiger partial charge in [-0.3, -0.25) is 9.78 Å². The Morgan fingerprint density at radius 3 is 2.82 bits per heavy atom. The van der Waals surface area contributed by atoms with Gasteiger partial charge in [-0.25, -0.2) is 9.67 Å². The van der Waals surface area contributed by atoms with Crippen LogP contribution in [0.15, 0.2) is 23.3 Å². The van der Waals surface area contributed by atoms with E-state index in [4.69, 9.17) is 14.8 Å². The number of H-pyrrole nitrogens is 1. The molecule has 0 radical (unpaired) electrons. The van der Waals surface area contributed by atoms with Gasteiger partial charge >= 0.3 is 0 Å². The molecule has 0 amide bonds. The minimum atomic E-state index is -0.146. The van der Waals surface area contributed by atoms with Crippen LogP contribution in [-0.4, -0.2) is 30.8 Å². The number of aromatic nitrogens is 5. The second kappa shape index (κ2) is 7.73. The van der Waals surface area contributed by atoms with Gasteiger partial charge in [0.2, 0.25) is 0 Å². The van der Waals surface area contributed by atoms with Crippen LogP contribution in [-0.2, 0) is 6.42 Å². The molecular weight excluding hydrogens is 354 g/mol. The van der Waals surface area contributed by atoms with Crippen LogP contribution in [0, 0.1) is 0 Å². The standard InChI is InChI=1S/C21H27N5O2/c1-4-13(3)28-17-12-22-11-10-15(17)19-23-20-18(21(27)24-19)16(5-2)25-26(20)14-8-6-7-9-14/h10-14H,4-9H2,1-3H3,(H,23,24,27). The summed E-state index contributed by atoms with van der Waals surface area (Å²) in [6.45, 7) is 6.10. The average Bonchev–Trinajstić information content (AvgIpc) is 3.35. The Hall–Kier alpha value is -2.70. The van der Waals surface area contributed by atoms with Crippen LogP contribution in [0.4, 0.5) is 0 Å². The maximum Gasteiger partial charge on any atom is 0.262 e. The van der Waals surface area contributed by atoms with E-state index in [2.05, 4.69) is 16.9 Å². The molecule has 1 fully saturated rings. The van der Waals surface area contributed by atoms with Gasteiger partial charge in [0.05, 0.1) is 29.6 Å². The van der Waals surface area contributed by atoms with Crippen molar-refractivity contribution < 1.29 is 4.74 Å². The van der Waals surface area contributed by atoms with Crippen molar-refractivity contribution in [2.75, 3.05) is 0 Å². The van der Waals surface area contributed by atoms with E-state index >= 15 is 0 Å². The number of aryl methyl sites for hydroxylation is 1. The molecule has 1 N–H and O–H groups in total. The van der Waals surface area contributed by atoms with Gasteiger partial charge in [0, 0.05) is 6.20 Å². The average molecular weight is 381 g/mol. The van der Waals surface area contributed by atoms with Crippen LogP contribution in [0.2, 0.25) is 0 Å². The number of rotatable bonds is 6. The first-order chi connectivity index (χ1) is 13.6. The van der Waals surface area contributed by atoms with Crippen molar-refractivity contribution in [2.45, 2.75) is 71.4 Å². The Morgan fingerprint density at radius 1 is 1.32 bits per heavy atom. The van der Waals surface area contributed by atoms with E-state index in [0.29, 0.717) is 35.1 Å². The molecule has 0 spiro atoms. The molecule has 0 saturated heterocycles. The van der Waals surface area contributed by atoms with Crippen molar-refractivity contribution in [3.8, 4) is 17.1 Å². The van der Waals surface area contributed by atoms with Crippen molar-refractivity contribution in [3.05, 3.63) is 34.5 Å². The maximum atomic E-state index is 13.0. The van der Waals surface area contributed by atoms with Gasteiger partial charge in [-0.1, -0.05) is 26.7 Å². The lowest BCUT2D eigenvalue weighted by Gasteiger charge is -2.15. The molecule has 1 aliphatic rings. The summed E-state index contributed by atoms with van der Waals surface area (Å²) in [6, 6.07) is 2.15.